The van der Waals surface area contributed by atoms with Crippen LogP contribution in [0.4, 0.5) is 8.78 Å². The summed E-state index contributed by atoms with van der Waals surface area (Å²) in [7, 11) is 0. The molecule has 0 bridgehead atoms. The molecule has 0 amide bonds. The fraction of sp³-hybridized carbons (Fsp3) is 0. The highest BCUT2D eigenvalue weighted by atomic mass is 127. The standard InChI is InChI=1S/C7H2ClF2IO/c8-7(12)3-1-4(9)5(10)2-6(3)11/h1-2H. The molecule has 0 saturated carbocycles. The smallest absolute Gasteiger partial charge is 0.253 e. The van der Waals surface area contributed by atoms with Crippen LogP contribution in [0.25, 0.3) is 0 Å². The first-order valence-electron chi connectivity index (χ1n) is 2.86. The SMILES string of the molecule is O=C(Cl)c1cc(F)c(F)cc1I. The van der Waals surface area contributed by atoms with Crippen LogP contribution >= 0.6 is 34.2 Å². The Labute approximate surface area is 85.9 Å². The van der Waals surface area contributed by atoms with Gasteiger partial charge in [0.25, 0.3) is 5.24 Å². The number of hydrogen-bond acceptors (Lipinski definition) is 1. The number of carbonyl (C=O) groups is 1. The number of carbonyl (C=O) groups excluding carboxylic acids is 1. The lowest BCUT2D eigenvalue weighted by molar-refractivity contribution is 0.108. The average Bonchev–Trinajstić information content (AvgIpc) is 1.96. The molecule has 1 aromatic rings. The lowest BCUT2D eigenvalue weighted by Gasteiger charge is -1.99. The van der Waals surface area contributed by atoms with Crippen molar-refractivity contribution in [3.8, 4) is 0 Å². The summed E-state index contributed by atoms with van der Waals surface area (Å²) in [6, 6.07) is 1.71. The van der Waals surface area contributed by atoms with Gasteiger partial charge in [-0.25, -0.2) is 8.78 Å². The van der Waals surface area contributed by atoms with Gasteiger partial charge >= 0.3 is 0 Å². The molecule has 5 heteroatoms. The van der Waals surface area contributed by atoms with E-state index in [1.807, 2.05) is 0 Å². The van der Waals surface area contributed by atoms with Gasteiger partial charge in [0.05, 0.1) is 5.56 Å². The number of hydrogen-bond donors (Lipinski definition) is 0. The van der Waals surface area contributed by atoms with Crippen LogP contribution in [0.2, 0.25) is 0 Å². The molecule has 0 aliphatic heterocycles. The van der Waals surface area contributed by atoms with Gasteiger partial charge in [-0.1, -0.05) is 0 Å². The highest BCUT2D eigenvalue weighted by Gasteiger charge is 2.11. The molecule has 0 fully saturated rings. The van der Waals surface area contributed by atoms with E-state index in [-0.39, 0.29) is 5.56 Å². The van der Waals surface area contributed by atoms with Gasteiger partial charge < -0.3 is 0 Å². The number of rotatable bonds is 1. The maximum Gasteiger partial charge on any atom is 0.253 e. The molecular formula is C7H2ClF2IO. The Morgan fingerprint density at radius 3 is 2.33 bits per heavy atom. The van der Waals surface area contributed by atoms with Crippen molar-refractivity contribution in [3.05, 3.63) is 32.9 Å². The minimum Gasteiger partial charge on any atom is -0.276 e. The largest absolute Gasteiger partial charge is 0.276 e. The first kappa shape index (κ1) is 9.85. The molecule has 0 aromatic heterocycles. The Morgan fingerprint density at radius 1 is 1.33 bits per heavy atom. The van der Waals surface area contributed by atoms with Crippen LogP contribution in [-0.4, -0.2) is 5.24 Å². The van der Waals surface area contributed by atoms with Gasteiger partial charge in [0.15, 0.2) is 11.6 Å². The molecule has 0 N–H and O–H groups in total. The molecule has 1 nitrogen and oxygen atoms in total. The summed E-state index contributed by atoms with van der Waals surface area (Å²) >= 11 is 6.81. The van der Waals surface area contributed by atoms with Gasteiger partial charge in [0.2, 0.25) is 0 Å². The van der Waals surface area contributed by atoms with E-state index in [4.69, 9.17) is 11.6 Å². The molecule has 0 heterocycles. The minimum atomic E-state index is -1.07. The molecule has 0 aliphatic carbocycles. The lowest BCUT2D eigenvalue weighted by atomic mass is 10.2. The molecule has 1 rings (SSSR count). The van der Waals surface area contributed by atoms with Crippen molar-refractivity contribution in [1.29, 1.82) is 0 Å². The molecule has 0 aliphatic rings. The highest BCUT2D eigenvalue weighted by molar-refractivity contribution is 14.1. The molecule has 0 atom stereocenters. The zero-order valence-electron chi connectivity index (χ0n) is 5.57. The van der Waals surface area contributed by atoms with E-state index in [1.54, 1.807) is 22.6 Å². The minimum absolute atomic E-state index is 0.0174. The fourth-order valence-electron chi connectivity index (χ4n) is 0.673. The summed E-state index contributed by atoms with van der Waals surface area (Å²) in [5.74, 6) is -2.06. The second kappa shape index (κ2) is 3.66. The average molecular weight is 302 g/mol. The van der Waals surface area contributed by atoms with E-state index in [1.165, 1.54) is 0 Å². The lowest BCUT2D eigenvalue weighted by Crippen LogP contribution is -1.97. The predicted molar refractivity (Wildman–Crippen MR) is 49.3 cm³/mol. The van der Waals surface area contributed by atoms with Crippen molar-refractivity contribution in [2.75, 3.05) is 0 Å². The zero-order chi connectivity index (χ0) is 9.30. The third-order valence-electron chi connectivity index (χ3n) is 1.22. The van der Waals surface area contributed by atoms with Gasteiger partial charge in [-0.15, -0.1) is 0 Å². The van der Waals surface area contributed by atoms with E-state index in [2.05, 4.69) is 0 Å². The monoisotopic (exact) mass is 302 g/mol. The van der Waals surface area contributed by atoms with Gasteiger partial charge in [-0.3, -0.25) is 4.79 Å². The predicted octanol–water partition coefficient (Wildman–Crippen LogP) is 2.95. The van der Waals surface area contributed by atoms with Crippen LogP contribution in [-0.2, 0) is 0 Å². The van der Waals surface area contributed by atoms with Gasteiger partial charge in [0, 0.05) is 3.57 Å². The first-order valence-corrected chi connectivity index (χ1v) is 4.32. The summed E-state index contributed by atoms with van der Waals surface area (Å²) in [5.41, 5.74) is -0.0174. The van der Waals surface area contributed by atoms with Crippen LogP contribution in [0.3, 0.4) is 0 Å². The van der Waals surface area contributed by atoms with Gasteiger partial charge in [-0.2, -0.15) is 0 Å². The van der Waals surface area contributed by atoms with Gasteiger partial charge in [0.1, 0.15) is 0 Å². The molecule has 64 valence electrons. The van der Waals surface area contributed by atoms with Crippen molar-refractivity contribution in [2.45, 2.75) is 0 Å². The Balaban J connectivity index is 3.33. The topological polar surface area (TPSA) is 17.1 Å². The quantitative estimate of drug-likeness (QED) is 0.443. The third kappa shape index (κ3) is 1.92. The Bertz CT molecular complexity index is 340. The summed E-state index contributed by atoms with van der Waals surface area (Å²) < 4.78 is 25.3. The third-order valence-corrected chi connectivity index (χ3v) is 2.32. The van der Waals surface area contributed by atoms with E-state index in [0.717, 1.165) is 12.1 Å². The van der Waals surface area contributed by atoms with Crippen LogP contribution in [0.15, 0.2) is 12.1 Å². The van der Waals surface area contributed by atoms with E-state index in [9.17, 15) is 13.6 Å². The second-order valence-corrected chi connectivity index (χ2v) is 3.53. The Kier molecular flexibility index (Phi) is 3.00. The molecule has 0 unspecified atom stereocenters. The molecule has 0 saturated heterocycles. The summed E-state index contributed by atoms with van der Waals surface area (Å²) in [4.78, 5) is 10.6. The Morgan fingerprint density at radius 2 is 1.83 bits per heavy atom. The zero-order valence-corrected chi connectivity index (χ0v) is 8.49. The van der Waals surface area contributed by atoms with E-state index >= 15 is 0 Å². The van der Waals surface area contributed by atoms with Crippen LogP contribution in [0.5, 0.6) is 0 Å². The van der Waals surface area contributed by atoms with Crippen molar-refractivity contribution in [2.24, 2.45) is 0 Å². The van der Waals surface area contributed by atoms with Crippen LogP contribution < -0.4 is 0 Å². The van der Waals surface area contributed by atoms with Crippen molar-refractivity contribution in [3.63, 3.8) is 0 Å². The van der Waals surface area contributed by atoms with Crippen molar-refractivity contribution < 1.29 is 13.6 Å². The maximum absolute atomic E-state index is 12.5. The van der Waals surface area contributed by atoms with Crippen LogP contribution in [0.1, 0.15) is 10.4 Å². The first-order chi connectivity index (χ1) is 5.52. The molecule has 1 aromatic carbocycles. The maximum atomic E-state index is 12.5. The Hall–Kier alpha value is -0.230. The van der Waals surface area contributed by atoms with Crippen molar-refractivity contribution in [1.82, 2.24) is 0 Å². The summed E-state index contributed by atoms with van der Waals surface area (Å²) in [6.45, 7) is 0. The number of halogens is 4. The van der Waals surface area contributed by atoms with E-state index < -0.39 is 16.9 Å². The molecule has 0 radical (unpaired) electrons. The number of benzene rings is 1. The van der Waals surface area contributed by atoms with Crippen LogP contribution in [0, 0.1) is 15.2 Å². The summed E-state index contributed by atoms with van der Waals surface area (Å²) in [5, 5.41) is -0.793. The highest BCUT2D eigenvalue weighted by Crippen LogP contribution is 2.18. The van der Waals surface area contributed by atoms with Gasteiger partial charge in [-0.05, 0) is 46.3 Å². The molecule has 12 heavy (non-hydrogen) atoms. The molecular weight excluding hydrogens is 300 g/mol. The molecule has 0 spiro atoms. The van der Waals surface area contributed by atoms with E-state index in [0.29, 0.717) is 3.57 Å². The van der Waals surface area contributed by atoms with Crippen molar-refractivity contribution >= 4 is 39.4 Å². The normalized spacial score (nSPS) is 10.0. The summed E-state index contributed by atoms with van der Waals surface area (Å²) in [6.07, 6.45) is 0. The second-order valence-electron chi connectivity index (χ2n) is 2.02. The fourth-order valence-corrected chi connectivity index (χ4v) is 1.66.